The molecule has 0 amide bonds. The molecule has 0 saturated carbocycles. The second-order valence-corrected chi connectivity index (χ2v) is 10.6. The van der Waals surface area contributed by atoms with E-state index >= 15 is 0 Å². The maximum Gasteiger partial charge on any atom is 0.194 e. The molecule has 7 nitrogen and oxygen atoms in total. The van der Waals surface area contributed by atoms with E-state index in [2.05, 4.69) is 26.2 Å². The van der Waals surface area contributed by atoms with Crippen LogP contribution in [-0.4, -0.2) is 67.5 Å². The number of sulfone groups is 1. The summed E-state index contributed by atoms with van der Waals surface area (Å²) in [5, 5.41) is 3.31. The Morgan fingerprint density at radius 1 is 1.29 bits per heavy atom. The lowest BCUT2D eigenvalue weighted by atomic mass is 10.2. The minimum absolute atomic E-state index is 0. The maximum atomic E-state index is 12.3. The van der Waals surface area contributed by atoms with Crippen LogP contribution >= 0.6 is 24.0 Å². The number of aromatic nitrogens is 1. The largest absolute Gasteiger partial charge is 0.357 e. The molecule has 158 valence electrons. The first-order chi connectivity index (χ1) is 12.8. The van der Waals surface area contributed by atoms with Gasteiger partial charge in [-0.1, -0.05) is 0 Å². The zero-order valence-corrected chi connectivity index (χ0v) is 20.2. The molecule has 9 heteroatoms. The van der Waals surface area contributed by atoms with Gasteiger partial charge in [0.25, 0.3) is 0 Å². The predicted octanol–water partition coefficient (Wildman–Crippen LogP) is 2.27. The van der Waals surface area contributed by atoms with Gasteiger partial charge >= 0.3 is 0 Å². The fourth-order valence-electron chi connectivity index (χ4n) is 3.59. The Morgan fingerprint density at radius 2 is 2.00 bits per heavy atom. The summed E-state index contributed by atoms with van der Waals surface area (Å²) in [4.78, 5) is 13.7. The van der Waals surface area contributed by atoms with Crippen LogP contribution in [0.25, 0.3) is 0 Å². The Labute approximate surface area is 185 Å². The molecule has 2 aliphatic rings. The summed E-state index contributed by atoms with van der Waals surface area (Å²) >= 11 is 0. The van der Waals surface area contributed by atoms with Crippen LogP contribution in [0, 0.1) is 0 Å². The quantitative estimate of drug-likeness (QED) is 0.372. The third-order valence-corrected chi connectivity index (χ3v) is 7.86. The average molecular weight is 521 g/mol. The number of rotatable bonds is 4. The molecule has 2 saturated heterocycles. The molecular weight excluding hydrogens is 489 g/mol. The smallest absolute Gasteiger partial charge is 0.194 e. The van der Waals surface area contributed by atoms with Crippen molar-refractivity contribution < 1.29 is 8.42 Å². The fourth-order valence-corrected chi connectivity index (χ4v) is 4.96. The van der Waals surface area contributed by atoms with Crippen LogP contribution in [0.15, 0.2) is 23.3 Å². The molecule has 28 heavy (non-hydrogen) atoms. The number of anilines is 1. The van der Waals surface area contributed by atoms with Gasteiger partial charge < -0.3 is 15.1 Å². The van der Waals surface area contributed by atoms with E-state index in [-0.39, 0.29) is 29.7 Å². The fraction of sp³-hybridized carbons (Fsp3) is 0.684. The molecule has 0 spiro atoms. The summed E-state index contributed by atoms with van der Waals surface area (Å²) in [6.45, 7) is 9.99. The molecule has 0 aliphatic carbocycles. The number of guanidine groups is 1. The van der Waals surface area contributed by atoms with Crippen molar-refractivity contribution >= 4 is 45.6 Å². The van der Waals surface area contributed by atoms with Crippen LogP contribution < -0.4 is 10.2 Å². The van der Waals surface area contributed by atoms with E-state index in [4.69, 9.17) is 4.99 Å². The van der Waals surface area contributed by atoms with Crippen LogP contribution in [0.5, 0.6) is 0 Å². The molecule has 0 unspecified atom stereocenters. The van der Waals surface area contributed by atoms with E-state index in [9.17, 15) is 8.42 Å². The van der Waals surface area contributed by atoms with Crippen LogP contribution in [0.1, 0.15) is 39.2 Å². The summed E-state index contributed by atoms with van der Waals surface area (Å²) in [5.74, 6) is 1.97. The van der Waals surface area contributed by atoms with Crippen LogP contribution in [-0.2, 0) is 16.4 Å². The Morgan fingerprint density at radius 3 is 2.64 bits per heavy atom. The average Bonchev–Trinajstić information content (AvgIpc) is 3.16. The van der Waals surface area contributed by atoms with Crippen LogP contribution in [0.3, 0.4) is 0 Å². The van der Waals surface area contributed by atoms with Crippen molar-refractivity contribution in [3.63, 3.8) is 0 Å². The van der Waals surface area contributed by atoms with Crippen molar-refractivity contribution in [1.82, 2.24) is 15.2 Å². The first-order valence-corrected chi connectivity index (χ1v) is 11.4. The lowest BCUT2D eigenvalue weighted by Crippen LogP contribution is -2.57. The van der Waals surface area contributed by atoms with Gasteiger partial charge in [-0.05, 0) is 51.3 Å². The summed E-state index contributed by atoms with van der Waals surface area (Å²) in [7, 11) is -3.06. The highest BCUT2D eigenvalue weighted by atomic mass is 127. The Balaban J connectivity index is 0.00000280. The van der Waals surface area contributed by atoms with Gasteiger partial charge in [-0.2, -0.15) is 0 Å². The van der Waals surface area contributed by atoms with Crippen molar-refractivity contribution in [2.45, 2.75) is 44.9 Å². The van der Waals surface area contributed by atoms with E-state index in [1.165, 1.54) is 12.8 Å². The van der Waals surface area contributed by atoms with E-state index < -0.39 is 14.6 Å². The standard InChI is InChI=1S/C19H31N5O2S.HI/c1-4-20-18(24-11-12-27(25,26)19(2,3)15-24)22-14-16-7-8-21-17(13-16)23-9-5-6-10-23;/h7-8,13H,4-6,9-12,14-15H2,1-3H3,(H,20,22);1H. The molecule has 3 rings (SSSR count). The van der Waals surface area contributed by atoms with Gasteiger partial charge in [0.05, 0.1) is 17.0 Å². The van der Waals surface area contributed by atoms with Crippen LogP contribution in [0.2, 0.25) is 0 Å². The third-order valence-electron chi connectivity index (χ3n) is 5.33. The monoisotopic (exact) mass is 521 g/mol. The molecule has 2 aliphatic heterocycles. The van der Waals surface area contributed by atoms with E-state index in [0.29, 0.717) is 19.6 Å². The van der Waals surface area contributed by atoms with Gasteiger partial charge in [0, 0.05) is 38.9 Å². The maximum absolute atomic E-state index is 12.3. The molecule has 0 bridgehead atoms. The van der Waals surface area contributed by atoms with E-state index in [1.807, 2.05) is 19.2 Å². The number of pyridine rings is 1. The van der Waals surface area contributed by atoms with Crippen molar-refractivity contribution in [2.75, 3.05) is 43.4 Å². The molecule has 3 heterocycles. The molecule has 1 aromatic heterocycles. The molecule has 1 N–H and O–H groups in total. The first kappa shape index (κ1) is 23.2. The first-order valence-electron chi connectivity index (χ1n) is 9.78. The minimum Gasteiger partial charge on any atom is -0.357 e. The number of hydrogen-bond acceptors (Lipinski definition) is 5. The molecule has 1 aromatic rings. The van der Waals surface area contributed by atoms with Crippen molar-refractivity contribution in [3.05, 3.63) is 23.9 Å². The number of nitrogens with one attached hydrogen (secondary N) is 1. The highest BCUT2D eigenvalue weighted by Crippen LogP contribution is 2.24. The Kier molecular flexibility index (Phi) is 7.95. The molecule has 2 fully saturated rings. The number of halogens is 1. The zero-order valence-electron chi connectivity index (χ0n) is 17.0. The van der Waals surface area contributed by atoms with Gasteiger partial charge in [0.15, 0.2) is 15.8 Å². The Hall–Kier alpha value is -1.10. The van der Waals surface area contributed by atoms with Gasteiger partial charge in [-0.25, -0.2) is 18.4 Å². The predicted molar refractivity (Wildman–Crippen MR) is 125 cm³/mol. The normalized spacial score (nSPS) is 21.3. The highest BCUT2D eigenvalue weighted by molar-refractivity contribution is 14.0. The number of hydrogen-bond donors (Lipinski definition) is 1. The van der Waals surface area contributed by atoms with Crippen LogP contribution in [0.4, 0.5) is 5.82 Å². The zero-order chi connectivity index (χ0) is 19.5. The molecule has 0 radical (unpaired) electrons. The SMILES string of the molecule is CCNC(=NCc1ccnc(N2CCCC2)c1)N1CCS(=O)(=O)C(C)(C)C1.I. The summed E-state index contributed by atoms with van der Waals surface area (Å²) in [6.07, 6.45) is 4.30. The number of nitrogens with zero attached hydrogens (tertiary/aromatic N) is 4. The lowest BCUT2D eigenvalue weighted by Gasteiger charge is -2.39. The molecule has 0 aromatic carbocycles. The van der Waals surface area contributed by atoms with Crippen molar-refractivity contribution in [2.24, 2.45) is 4.99 Å². The van der Waals surface area contributed by atoms with Crippen molar-refractivity contribution in [1.29, 1.82) is 0 Å². The van der Waals surface area contributed by atoms with Gasteiger partial charge in [-0.15, -0.1) is 24.0 Å². The van der Waals surface area contributed by atoms with E-state index in [1.54, 1.807) is 13.8 Å². The van der Waals surface area contributed by atoms with Gasteiger partial charge in [-0.3, -0.25) is 0 Å². The van der Waals surface area contributed by atoms with Gasteiger partial charge in [0.1, 0.15) is 5.82 Å². The van der Waals surface area contributed by atoms with Gasteiger partial charge in [0.2, 0.25) is 0 Å². The molecule has 0 atom stereocenters. The summed E-state index contributed by atoms with van der Waals surface area (Å²) in [6, 6.07) is 4.11. The Bertz CT molecular complexity index is 791. The summed E-state index contributed by atoms with van der Waals surface area (Å²) < 4.78 is 23.8. The second kappa shape index (κ2) is 9.60. The molecular formula is C19H32IN5O2S. The third kappa shape index (κ3) is 5.28. The highest BCUT2D eigenvalue weighted by Gasteiger charge is 2.40. The van der Waals surface area contributed by atoms with E-state index in [0.717, 1.165) is 37.0 Å². The number of aliphatic imine (C=N–C) groups is 1. The minimum atomic E-state index is -3.06. The van der Waals surface area contributed by atoms with Crippen molar-refractivity contribution in [3.8, 4) is 0 Å². The second-order valence-electron chi connectivity index (χ2n) is 7.89. The topological polar surface area (TPSA) is 77.9 Å². The summed E-state index contributed by atoms with van der Waals surface area (Å²) in [5.41, 5.74) is 1.12. The lowest BCUT2D eigenvalue weighted by molar-refractivity contribution is 0.353.